The second kappa shape index (κ2) is 26.5. The van der Waals surface area contributed by atoms with Gasteiger partial charge in [-0.15, -0.1) is 11.6 Å². The third kappa shape index (κ3) is 25.5. The predicted octanol–water partition coefficient (Wildman–Crippen LogP) is 8.52. The monoisotopic (exact) mass is 474 g/mol. The second-order valence-corrected chi connectivity index (χ2v) is 9.37. The van der Waals surface area contributed by atoms with Gasteiger partial charge in [-0.1, -0.05) is 96.8 Å². The van der Waals surface area contributed by atoms with Gasteiger partial charge in [0, 0.05) is 18.7 Å². The van der Waals surface area contributed by atoms with Crippen molar-refractivity contribution in [3.05, 3.63) is 0 Å². The number of hydrogen-bond acceptors (Lipinski definition) is 4. The fraction of sp³-hybridized carbons (Fsp3) is 0.926. The molecule has 0 saturated carbocycles. The molecule has 0 aromatic carbocycles. The number of alkyl halides is 1. The number of carbonyl (C=O) groups is 2. The van der Waals surface area contributed by atoms with Gasteiger partial charge in [0.15, 0.2) is 0 Å². The molecular formula is C27H51ClO4. The Balaban J connectivity index is 3.25. The van der Waals surface area contributed by atoms with E-state index in [1.165, 1.54) is 51.4 Å². The van der Waals surface area contributed by atoms with Gasteiger partial charge in [-0.25, -0.2) is 0 Å². The molecule has 5 heteroatoms. The van der Waals surface area contributed by atoms with E-state index >= 15 is 0 Å². The van der Waals surface area contributed by atoms with Gasteiger partial charge in [-0.3, -0.25) is 9.59 Å². The van der Waals surface area contributed by atoms with E-state index < -0.39 is 0 Å². The standard InChI is InChI=1S/C27H51ClO4/c1-2-3-4-14-19-24-31-26(29)21-16-11-7-8-12-17-22-27(30)32-25-20-15-10-6-5-9-13-18-23-28/h2-25H2,1H3. The fourth-order valence-electron chi connectivity index (χ4n) is 3.72. The minimum absolute atomic E-state index is 0.0505. The van der Waals surface area contributed by atoms with E-state index in [1.807, 2.05) is 0 Å². The summed E-state index contributed by atoms with van der Waals surface area (Å²) in [6.07, 6.45) is 22.7. The first-order chi connectivity index (χ1) is 15.7. The molecule has 0 rings (SSSR count). The topological polar surface area (TPSA) is 52.6 Å². The Labute approximate surface area is 203 Å². The van der Waals surface area contributed by atoms with Crippen LogP contribution in [0.4, 0.5) is 0 Å². The molecule has 0 bridgehead atoms. The van der Waals surface area contributed by atoms with E-state index in [9.17, 15) is 9.59 Å². The Morgan fingerprint density at radius 1 is 0.500 bits per heavy atom. The van der Waals surface area contributed by atoms with Gasteiger partial charge >= 0.3 is 11.9 Å². The summed E-state index contributed by atoms with van der Waals surface area (Å²) in [4.78, 5) is 23.4. The van der Waals surface area contributed by atoms with Crippen LogP contribution in [0.5, 0.6) is 0 Å². The summed E-state index contributed by atoms with van der Waals surface area (Å²) in [6.45, 7) is 3.35. The summed E-state index contributed by atoms with van der Waals surface area (Å²) in [7, 11) is 0. The van der Waals surface area contributed by atoms with Crippen molar-refractivity contribution in [3.63, 3.8) is 0 Å². The predicted molar refractivity (Wildman–Crippen MR) is 135 cm³/mol. The van der Waals surface area contributed by atoms with E-state index in [-0.39, 0.29) is 11.9 Å². The Kier molecular flexibility index (Phi) is 25.8. The highest BCUT2D eigenvalue weighted by Gasteiger charge is 2.04. The molecule has 0 spiro atoms. The van der Waals surface area contributed by atoms with Crippen molar-refractivity contribution in [3.8, 4) is 0 Å². The maximum absolute atomic E-state index is 11.8. The zero-order valence-electron chi connectivity index (χ0n) is 21.0. The van der Waals surface area contributed by atoms with Gasteiger partial charge in [-0.2, -0.15) is 0 Å². The van der Waals surface area contributed by atoms with Crippen molar-refractivity contribution in [2.24, 2.45) is 0 Å². The molecule has 0 fully saturated rings. The maximum Gasteiger partial charge on any atom is 0.305 e. The molecule has 0 aliphatic heterocycles. The lowest BCUT2D eigenvalue weighted by Crippen LogP contribution is -2.06. The average molecular weight is 475 g/mol. The highest BCUT2D eigenvalue weighted by molar-refractivity contribution is 6.17. The second-order valence-electron chi connectivity index (χ2n) is 8.99. The summed E-state index contributed by atoms with van der Waals surface area (Å²) in [5.74, 6) is 0.678. The molecule has 0 aliphatic rings. The Bertz CT molecular complexity index is 414. The molecule has 4 nitrogen and oxygen atoms in total. The molecule has 32 heavy (non-hydrogen) atoms. The molecule has 190 valence electrons. The lowest BCUT2D eigenvalue weighted by Gasteiger charge is -2.06. The van der Waals surface area contributed by atoms with Crippen molar-refractivity contribution in [2.45, 2.75) is 142 Å². The molecule has 0 aromatic heterocycles. The summed E-state index contributed by atoms with van der Waals surface area (Å²) < 4.78 is 10.6. The van der Waals surface area contributed by atoms with E-state index in [0.717, 1.165) is 76.5 Å². The highest BCUT2D eigenvalue weighted by atomic mass is 35.5. The average Bonchev–Trinajstić information content (AvgIpc) is 2.79. The number of halogens is 1. The summed E-state index contributed by atoms with van der Waals surface area (Å²) in [6, 6.07) is 0. The number of unbranched alkanes of at least 4 members (excludes halogenated alkanes) is 16. The van der Waals surface area contributed by atoms with Crippen LogP contribution >= 0.6 is 11.6 Å². The number of hydrogen-bond donors (Lipinski definition) is 0. The number of rotatable bonds is 25. The van der Waals surface area contributed by atoms with Crippen LogP contribution in [0.2, 0.25) is 0 Å². The van der Waals surface area contributed by atoms with Crippen LogP contribution in [-0.4, -0.2) is 31.0 Å². The summed E-state index contributed by atoms with van der Waals surface area (Å²) in [5.41, 5.74) is 0. The van der Waals surface area contributed by atoms with Gasteiger partial charge in [0.25, 0.3) is 0 Å². The lowest BCUT2D eigenvalue weighted by molar-refractivity contribution is -0.144. The van der Waals surface area contributed by atoms with Crippen LogP contribution in [0.25, 0.3) is 0 Å². The number of ether oxygens (including phenoxy) is 2. The Morgan fingerprint density at radius 2 is 0.844 bits per heavy atom. The third-order valence-corrected chi connectivity index (χ3v) is 6.08. The molecule has 0 saturated heterocycles. The highest BCUT2D eigenvalue weighted by Crippen LogP contribution is 2.11. The van der Waals surface area contributed by atoms with Crippen molar-refractivity contribution < 1.29 is 19.1 Å². The smallest absolute Gasteiger partial charge is 0.305 e. The summed E-state index contributed by atoms with van der Waals surface area (Å²) >= 11 is 5.67. The SMILES string of the molecule is CCCCCCCOC(=O)CCCCCCCCC(=O)OCCCCCCCCCCCl. The molecule has 0 atom stereocenters. The molecular weight excluding hydrogens is 424 g/mol. The van der Waals surface area contributed by atoms with Gasteiger partial charge in [-0.05, 0) is 32.1 Å². The van der Waals surface area contributed by atoms with Gasteiger partial charge in [0.1, 0.15) is 0 Å². The minimum atomic E-state index is -0.0523. The van der Waals surface area contributed by atoms with Crippen molar-refractivity contribution >= 4 is 23.5 Å². The molecule has 0 aliphatic carbocycles. The molecule has 0 aromatic rings. The third-order valence-electron chi connectivity index (χ3n) is 5.81. The van der Waals surface area contributed by atoms with Crippen molar-refractivity contribution in [1.82, 2.24) is 0 Å². The number of carbonyl (C=O) groups excluding carboxylic acids is 2. The van der Waals surface area contributed by atoms with E-state index in [4.69, 9.17) is 21.1 Å². The van der Waals surface area contributed by atoms with Crippen LogP contribution in [0, 0.1) is 0 Å². The first kappa shape index (κ1) is 31.2. The van der Waals surface area contributed by atoms with E-state index in [0.29, 0.717) is 26.1 Å². The molecule has 0 N–H and O–H groups in total. The fourth-order valence-corrected chi connectivity index (χ4v) is 3.91. The molecule has 0 radical (unpaired) electrons. The number of esters is 2. The van der Waals surface area contributed by atoms with Crippen LogP contribution < -0.4 is 0 Å². The molecule has 0 unspecified atom stereocenters. The van der Waals surface area contributed by atoms with E-state index in [2.05, 4.69) is 6.92 Å². The van der Waals surface area contributed by atoms with Gasteiger partial charge < -0.3 is 9.47 Å². The minimum Gasteiger partial charge on any atom is -0.466 e. The van der Waals surface area contributed by atoms with Crippen molar-refractivity contribution in [1.29, 1.82) is 0 Å². The first-order valence-electron chi connectivity index (χ1n) is 13.6. The van der Waals surface area contributed by atoms with Gasteiger partial charge in [0.05, 0.1) is 13.2 Å². The first-order valence-corrected chi connectivity index (χ1v) is 14.1. The van der Waals surface area contributed by atoms with Crippen molar-refractivity contribution in [2.75, 3.05) is 19.1 Å². The lowest BCUT2D eigenvalue weighted by atomic mass is 10.1. The zero-order valence-corrected chi connectivity index (χ0v) is 21.7. The molecule has 0 amide bonds. The zero-order chi connectivity index (χ0) is 23.5. The van der Waals surface area contributed by atoms with Crippen LogP contribution in [0.1, 0.15) is 142 Å². The molecule has 0 heterocycles. The van der Waals surface area contributed by atoms with Crippen LogP contribution in [-0.2, 0) is 19.1 Å². The summed E-state index contributed by atoms with van der Waals surface area (Å²) in [5, 5.41) is 0. The maximum atomic E-state index is 11.8. The Hall–Kier alpha value is -0.770. The Morgan fingerprint density at radius 3 is 1.25 bits per heavy atom. The van der Waals surface area contributed by atoms with Gasteiger partial charge in [0.2, 0.25) is 0 Å². The largest absolute Gasteiger partial charge is 0.466 e. The normalized spacial score (nSPS) is 10.9. The quantitative estimate of drug-likeness (QED) is 0.0755. The van der Waals surface area contributed by atoms with E-state index in [1.54, 1.807) is 0 Å². The van der Waals surface area contributed by atoms with Crippen LogP contribution in [0.3, 0.4) is 0 Å². The van der Waals surface area contributed by atoms with Crippen LogP contribution in [0.15, 0.2) is 0 Å².